The van der Waals surface area contributed by atoms with E-state index in [0.29, 0.717) is 18.2 Å². The first-order valence-corrected chi connectivity index (χ1v) is 8.79. The van der Waals surface area contributed by atoms with E-state index in [2.05, 4.69) is 17.0 Å². The maximum Gasteiger partial charge on any atom is 0.274 e. The minimum Gasteiger partial charge on any atom is -0.447 e. The lowest BCUT2D eigenvalue weighted by atomic mass is 9.85. The fourth-order valence-electron chi connectivity index (χ4n) is 2.82. The Morgan fingerprint density at radius 3 is 2.85 bits per heavy atom. The zero-order valence-electron chi connectivity index (χ0n) is 12.2. The van der Waals surface area contributed by atoms with Crippen LogP contribution in [0.2, 0.25) is 0 Å². The maximum absolute atomic E-state index is 12.3. The van der Waals surface area contributed by atoms with E-state index in [1.807, 2.05) is 0 Å². The molecule has 2 N–H and O–H groups in total. The van der Waals surface area contributed by atoms with Gasteiger partial charge in [0.05, 0.1) is 6.54 Å². The molecule has 5 nitrogen and oxygen atoms in total. The van der Waals surface area contributed by atoms with Crippen molar-refractivity contribution in [2.45, 2.75) is 56.7 Å². The molecule has 114 valence electrons. The van der Waals surface area contributed by atoms with Gasteiger partial charge < -0.3 is 9.73 Å². The fraction of sp³-hybridized carbons (Fsp3) is 0.714. The predicted molar refractivity (Wildman–Crippen MR) is 77.8 cm³/mol. The Kier molecular flexibility index (Phi) is 5.23. The van der Waals surface area contributed by atoms with Crippen molar-refractivity contribution in [1.82, 2.24) is 10.0 Å². The number of hydrogen-bond donors (Lipinski definition) is 2. The summed E-state index contributed by atoms with van der Waals surface area (Å²) in [6, 6.07) is 3.26. The van der Waals surface area contributed by atoms with Crippen LogP contribution in [0.1, 0.15) is 44.8 Å². The van der Waals surface area contributed by atoms with Crippen LogP contribution in [0.25, 0.3) is 0 Å². The second kappa shape index (κ2) is 6.74. The van der Waals surface area contributed by atoms with Crippen molar-refractivity contribution >= 4 is 10.0 Å². The van der Waals surface area contributed by atoms with Crippen LogP contribution in [0.4, 0.5) is 0 Å². The first kappa shape index (κ1) is 15.5. The standard InChI is InChI=1S/C14H24N2O3S/c1-3-11-5-4-6-12(9-11)16-20(17,18)14-8-7-13(19-14)10-15-2/h7-8,11-12,15-16H,3-6,9-10H2,1-2H3. The molecule has 6 heteroatoms. The van der Waals surface area contributed by atoms with Crippen molar-refractivity contribution in [2.24, 2.45) is 5.92 Å². The lowest BCUT2D eigenvalue weighted by Crippen LogP contribution is -2.38. The molecule has 0 aliphatic heterocycles. The Bertz CT molecular complexity index is 524. The molecule has 2 atom stereocenters. The summed E-state index contributed by atoms with van der Waals surface area (Å²) in [4.78, 5) is 0. The van der Waals surface area contributed by atoms with E-state index in [9.17, 15) is 8.42 Å². The highest BCUT2D eigenvalue weighted by molar-refractivity contribution is 7.89. The van der Waals surface area contributed by atoms with Crippen molar-refractivity contribution < 1.29 is 12.8 Å². The molecule has 1 fully saturated rings. The van der Waals surface area contributed by atoms with Gasteiger partial charge in [-0.05, 0) is 37.9 Å². The van der Waals surface area contributed by atoms with E-state index in [1.54, 1.807) is 13.1 Å². The van der Waals surface area contributed by atoms with E-state index in [4.69, 9.17) is 4.42 Å². The highest BCUT2D eigenvalue weighted by Crippen LogP contribution is 2.27. The van der Waals surface area contributed by atoms with E-state index in [-0.39, 0.29) is 11.1 Å². The second-order valence-corrected chi connectivity index (χ2v) is 7.16. The van der Waals surface area contributed by atoms with E-state index < -0.39 is 10.0 Å². The van der Waals surface area contributed by atoms with Gasteiger partial charge in [0.25, 0.3) is 10.0 Å². The molecular weight excluding hydrogens is 276 g/mol. The second-order valence-electron chi connectivity index (χ2n) is 5.51. The molecule has 1 aromatic rings. The molecule has 0 radical (unpaired) electrons. The third-order valence-electron chi connectivity index (χ3n) is 3.93. The average molecular weight is 300 g/mol. The number of hydrogen-bond acceptors (Lipinski definition) is 4. The van der Waals surface area contributed by atoms with Crippen molar-refractivity contribution in [3.63, 3.8) is 0 Å². The molecule has 0 spiro atoms. The zero-order chi connectivity index (χ0) is 14.6. The predicted octanol–water partition coefficient (Wildman–Crippen LogP) is 2.25. The van der Waals surface area contributed by atoms with Crippen LogP contribution >= 0.6 is 0 Å². The van der Waals surface area contributed by atoms with Crippen molar-refractivity contribution in [3.8, 4) is 0 Å². The summed E-state index contributed by atoms with van der Waals surface area (Å²) in [5, 5.41) is 2.95. The summed E-state index contributed by atoms with van der Waals surface area (Å²) < 4.78 is 32.7. The van der Waals surface area contributed by atoms with Gasteiger partial charge in [0, 0.05) is 6.04 Å². The Morgan fingerprint density at radius 1 is 1.35 bits per heavy atom. The monoisotopic (exact) mass is 300 g/mol. The molecule has 1 aliphatic carbocycles. The molecule has 1 aliphatic rings. The minimum atomic E-state index is -3.53. The summed E-state index contributed by atoms with van der Waals surface area (Å²) in [5.74, 6) is 1.26. The molecular formula is C14H24N2O3S. The highest BCUT2D eigenvalue weighted by atomic mass is 32.2. The van der Waals surface area contributed by atoms with E-state index >= 15 is 0 Å². The molecule has 2 unspecified atom stereocenters. The van der Waals surface area contributed by atoms with Crippen molar-refractivity contribution in [3.05, 3.63) is 17.9 Å². The summed E-state index contributed by atoms with van der Waals surface area (Å²) in [5.41, 5.74) is 0. The number of furan rings is 1. The molecule has 0 aromatic carbocycles. The van der Waals surface area contributed by atoms with E-state index in [0.717, 1.165) is 25.7 Å². The first-order valence-electron chi connectivity index (χ1n) is 7.30. The van der Waals surface area contributed by atoms with Gasteiger partial charge in [0.2, 0.25) is 5.09 Å². The smallest absolute Gasteiger partial charge is 0.274 e. The van der Waals surface area contributed by atoms with Gasteiger partial charge in [0.1, 0.15) is 5.76 Å². The van der Waals surface area contributed by atoms with Crippen LogP contribution < -0.4 is 10.0 Å². The van der Waals surface area contributed by atoms with Gasteiger partial charge in [-0.3, -0.25) is 0 Å². The van der Waals surface area contributed by atoms with Gasteiger partial charge in [0.15, 0.2) is 0 Å². The summed E-state index contributed by atoms with van der Waals surface area (Å²) in [7, 11) is -1.74. The van der Waals surface area contributed by atoms with Crippen molar-refractivity contribution in [1.29, 1.82) is 0 Å². The Hall–Kier alpha value is -0.850. The quantitative estimate of drug-likeness (QED) is 0.845. The molecule has 0 bridgehead atoms. The first-order chi connectivity index (χ1) is 9.55. The largest absolute Gasteiger partial charge is 0.447 e. The van der Waals surface area contributed by atoms with Crippen LogP contribution in [0.3, 0.4) is 0 Å². The number of nitrogens with one attached hydrogen (secondary N) is 2. The van der Waals surface area contributed by atoms with Gasteiger partial charge in [-0.1, -0.05) is 26.2 Å². The van der Waals surface area contributed by atoms with Crippen LogP contribution in [0, 0.1) is 5.92 Å². The van der Waals surface area contributed by atoms with Gasteiger partial charge in [-0.25, -0.2) is 13.1 Å². The topological polar surface area (TPSA) is 71.3 Å². The third kappa shape index (κ3) is 3.84. The van der Waals surface area contributed by atoms with Crippen LogP contribution in [0.15, 0.2) is 21.6 Å². The molecule has 20 heavy (non-hydrogen) atoms. The SMILES string of the molecule is CCC1CCCC(NS(=O)(=O)c2ccc(CNC)o2)C1. The lowest BCUT2D eigenvalue weighted by Gasteiger charge is -2.28. The summed E-state index contributed by atoms with van der Waals surface area (Å²) in [6.07, 6.45) is 5.27. The molecule has 0 amide bonds. The normalized spacial score (nSPS) is 23.9. The molecule has 1 aromatic heterocycles. The molecule has 1 heterocycles. The van der Waals surface area contributed by atoms with Gasteiger partial charge in [-0.2, -0.15) is 0 Å². The minimum absolute atomic E-state index is 0.0152. The summed E-state index contributed by atoms with van der Waals surface area (Å²) in [6.45, 7) is 2.69. The van der Waals surface area contributed by atoms with E-state index in [1.165, 1.54) is 12.5 Å². The highest BCUT2D eigenvalue weighted by Gasteiger charge is 2.27. The van der Waals surface area contributed by atoms with Crippen LogP contribution in [0.5, 0.6) is 0 Å². The molecule has 2 rings (SSSR count). The third-order valence-corrected chi connectivity index (χ3v) is 5.33. The zero-order valence-corrected chi connectivity index (χ0v) is 13.0. The van der Waals surface area contributed by atoms with Crippen molar-refractivity contribution in [2.75, 3.05) is 7.05 Å². The van der Waals surface area contributed by atoms with Crippen LogP contribution in [-0.4, -0.2) is 21.5 Å². The Balaban J connectivity index is 2.02. The average Bonchev–Trinajstić information content (AvgIpc) is 2.88. The summed E-state index contributed by atoms with van der Waals surface area (Å²) >= 11 is 0. The maximum atomic E-state index is 12.3. The van der Waals surface area contributed by atoms with Gasteiger partial charge in [-0.15, -0.1) is 0 Å². The Morgan fingerprint density at radius 2 is 2.15 bits per heavy atom. The fourth-order valence-corrected chi connectivity index (χ4v) is 4.05. The lowest BCUT2D eigenvalue weighted by molar-refractivity contribution is 0.299. The molecule has 1 saturated carbocycles. The number of rotatable bonds is 6. The molecule has 0 saturated heterocycles. The van der Waals surface area contributed by atoms with Crippen LogP contribution in [-0.2, 0) is 16.6 Å². The number of sulfonamides is 1. The van der Waals surface area contributed by atoms with Gasteiger partial charge >= 0.3 is 0 Å². The Labute approximate surface area is 121 Å².